The fraction of sp³-hybridized carbons (Fsp3) is 0.700. The van der Waals surface area contributed by atoms with Crippen molar-refractivity contribution in [3.05, 3.63) is 11.4 Å². The highest BCUT2D eigenvalue weighted by atomic mass is 19.1. The van der Waals surface area contributed by atoms with Crippen molar-refractivity contribution in [3.63, 3.8) is 0 Å². The molecule has 1 fully saturated rings. The number of hydrogen-bond acceptors (Lipinski definition) is 1. The van der Waals surface area contributed by atoms with Crippen LogP contribution in [0, 0.1) is 11.8 Å². The maximum absolute atomic E-state index is 13.0. The van der Waals surface area contributed by atoms with E-state index in [1.807, 2.05) is 6.92 Å². The summed E-state index contributed by atoms with van der Waals surface area (Å²) in [6.07, 6.45) is 2.10. The molecule has 0 aliphatic heterocycles. The summed E-state index contributed by atoms with van der Waals surface area (Å²) in [6, 6.07) is 0. The highest BCUT2D eigenvalue weighted by Crippen LogP contribution is 2.34. The molecule has 0 aromatic rings. The minimum absolute atomic E-state index is 0.397. The van der Waals surface area contributed by atoms with Gasteiger partial charge in [-0.25, -0.2) is 4.79 Å². The van der Waals surface area contributed by atoms with Gasteiger partial charge in [-0.1, -0.05) is 13.8 Å². The highest BCUT2D eigenvalue weighted by Gasteiger charge is 2.24. The standard InChI is InChI=1S/C10H15FO2/c1-6-3-4-8(5-7(6)2)9(11)10(12)13/h6-7H,3-5H2,1-2H3,(H,12,13). The molecule has 0 amide bonds. The fourth-order valence-electron chi connectivity index (χ4n) is 1.73. The summed E-state index contributed by atoms with van der Waals surface area (Å²) in [6.45, 7) is 4.17. The molecule has 0 heterocycles. The number of carboxylic acid groups (broad SMARTS) is 1. The molecule has 1 rings (SSSR count). The molecular weight excluding hydrogens is 171 g/mol. The van der Waals surface area contributed by atoms with Crippen LogP contribution in [0.1, 0.15) is 33.1 Å². The van der Waals surface area contributed by atoms with Crippen molar-refractivity contribution < 1.29 is 14.3 Å². The van der Waals surface area contributed by atoms with E-state index >= 15 is 0 Å². The normalized spacial score (nSPS) is 32.8. The van der Waals surface area contributed by atoms with Crippen molar-refractivity contribution in [2.75, 3.05) is 0 Å². The summed E-state index contributed by atoms with van der Waals surface area (Å²) in [5, 5.41) is 8.45. The van der Waals surface area contributed by atoms with Gasteiger partial charge in [-0.15, -0.1) is 0 Å². The Balaban J connectivity index is 2.75. The molecule has 74 valence electrons. The van der Waals surface area contributed by atoms with Crippen molar-refractivity contribution >= 4 is 5.97 Å². The second-order valence-corrected chi connectivity index (χ2v) is 3.92. The van der Waals surface area contributed by atoms with E-state index in [0.29, 0.717) is 30.3 Å². The molecule has 0 saturated heterocycles. The molecule has 1 N–H and O–H groups in total. The number of rotatable bonds is 1. The van der Waals surface area contributed by atoms with Crippen molar-refractivity contribution in [1.82, 2.24) is 0 Å². The van der Waals surface area contributed by atoms with Crippen molar-refractivity contribution in [2.24, 2.45) is 11.8 Å². The summed E-state index contributed by atoms with van der Waals surface area (Å²) < 4.78 is 13.0. The van der Waals surface area contributed by atoms with Gasteiger partial charge >= 0.3 is 5.97 Å². The van der Waals surface area contributed by atoms with Crippen molar-refractivity contribution in [1.29, 1.82) is 0 Å². The van der Waals surface area contributed by atoms with Gasteiger partial charge in [0.1, 0.15) is 0 Å². The first kappa shape index (κ1) is 10.2. The monoisotopic (exact) mass is 186 g/mol. The lowest BCUT2D eigenvalue weighted by molar-refractivity contribution is -0.134. The molecule has 2 unspecified atom stereocenters. The first-order valence-corrected chi connectivity index (χ1v) is 4.63. The molecule has 2 nitrogen and oxygen atoms in total. The first-order valence-electron chi connectivity index (χ1n) is 4.63. The smallest absolute Gasteiger partial charge is 0.364 e. The zero-order valence-electron chi connectivity index (χ0n) is 8.01. The maximum Gasteiger partial charge on any atom is 0.364 e. The van der Waals surface area contributed by atoms with E-state index in [1.165, 1.54) is 0 Å². The van der Waals surface area contributed by atoms with Crippen LogP contribution in [0.2, 0.25) is 0 Å². The summed E-state index contributed by atoms with van der Waals surface area (Å²) in [5.41, 5.74) is 0.484. The Bertz CT molecular complexity index is 245. The largest absolute Gasteiger partial charge is 0.476 e. The van der Waals surface area contributed by atoms with Crippen LogP contribution in [-0.4, -0.2) is 11.1 Å². The van der Waals surface area contributed by atoms with Crippen LogP contribution in [0.3, 0.4) is 0 Å². The third kappa shape index (κ3) is 2.29. The number of halogens is 1. The Hall–Kier alpha value is -0.860. The van der Waals surface area contributed by atoms with E-state index in [9.17, 15) is 9.18 Å². The molecule has 3 heteroatoms. The SMILES string of the molecule is CC1CCC(=C(F)C(=O)O)CC1C. The third-order valence-corrected chi connectivity index (χ3v) is 2.94. The van der Waals surface area contributed by atoms with E-state index in [4.69, 9.17) is 5.11 Å². The maximum atomic E-state index is 13.0. The Morgan fingerprint density at radius 3 is 2.54 bits per heavy atom. The first-order chi connectivity index (χ1) is 6.02. The van der Waals surface area contributed by atoms with Crippen molar-refractivity contribution in [2.45, 2.75) is 33.1 Å². The molecule has 1 aliphatic carbocycles. The van der Waals surface area contributed by atoms with E-state index in [1.54, 1.807) is 0 Å². The number of allylic oxidation sites excluding steroid dienone is 1. The number of aliphatic carboxylic acids is 1. The lowest BCUT2D eigenvalue weighted by Crippen LogP contribution is -2.17. The summed E-state index contributed by atoms with van der Waals surface area (Å²) in [4.78, 5) is 10.4. The Morgan fingerprint density at radius 2 is 2.08 bits per heavy atom. The molecule has 0 aromatic heterocycles. The van der Waals surface area contributed by atoms with Gasteiger partial charge in [-0.05, 0) is 36.7 Å². The Kier molecular flexibility index (Phi) is 3.07. The third-order valence-electron chi connectivity index (χ3n) is 2.94. The van der Waals surface area contributed by atoms with Gasteiger partial charge in [-0.3, -0.25) is 0 Å². The zero-order chi connectivity index (χ0) is 10.0. The van der Waals surface area contributed by atoms with Gasteiger partial charge in [0, 0.05) is 0 Å². The van der Waals surface area contributed by atoms with Gasteiger partial charge in [0.2, 0.25) is 5.83 Å². The van der Waals surface area contributed by atoms with Crippen molar-refractivity contribution in [3.8, 4) is 0 Å². The zero-order valence-corrected chi connectivity index (χ0v) is 8.01. The summed E-state index contributed by atoms with van der Waals surface area (Å²) in [5.74, 6) is -1.38. The number of carboxylic acids is 1. The number of hydrogen-bond donors (Lipinski definition) is 1. The minimum Gasteiger partial charge on any atom is -0.476 e. The fourth-order valence-corrected chi connectivity index (χ4v) is 1.73. The van der Waals surface area contributed by atoms with E-state index < -0.39 is 11.8 Å². The van der Waals surface area contributed by atoms with Gasteiger partial charge in [0.05, 0.1) is 0 Å². The summed E-state index contributed by atoms with van der Waals surface area (Å²) in [7, 11) is 0. The second kappa shape index (κ2) is 3.90. The van der Waals surface area contributed by atoms with Crippen LogP contribution in [0.5, 0.6) is 0 Å². The molecule has 1 saturated carbocycles. The van der Waals surface area contributed by atoms with Crippen LogP contribution < -0.4 is 0 Å². The molecule has 0 bridgehead atoms. The van der Waals surface area contributed by atoms with Gasteiger partial charge in [-0.2, -0.15) is 4.39 Å². The predicted molar refractivity (Wildman–Crippen MR) is 47.9 cm³/mol. The van der Waals surface area contributed by atoms with Gasteiger partial charge < -0.3 is 5.11 Å². The van der Waals surface area contributed by atoms with Crippen LogP contribution in [0.25, 0.3) is 0 Å². The summed E-state index contributed by atoms with van der Waals surface area (Å²) >= 11 is 0. The molecule has 2 atom stereocenters. The Labute approximate surface area is 77.4 Å². The van der Waals surface area contributed by atoms with E-state index in [-0.39, 0.29) is 0 Å². The average molecular weight is 186 g/mol. The van der Waals surface area contributed by atoms with E-state index in [2.05, 4.69) is 6.92 Å². The van der Waals surface area contributed by atoms with Crippen LogP contribution in [0.15, 0.2) is 11.4 Å². The predicted octanol–water partition coefficient (Wildman–Crippen LogP) is 2.75. The highest BCUT2D eigenvalue weighted by molar-refractivity contribution is 5.84. The van der Waals surface area contributed by atoms with Gasteiger partial charge in [0.25, 0.3) is 0 Å². The average Bonchev–Trinajstić information content (AvgIpc) is 2.08. The molecule has 0 spiro atoms. The lowest BCUT2D eigenvalue weighted by Gasteiger charge is -2.27. The number of carbonyl (C=O) groups is 1. The molecule has 1 aliphatic rings. The van der Waals surface area contributed by atoms with Gasteiger partial charge in [0.15, 0.2) is 0 Å². The molecule has 0 aromatic carbocycles. The molecule has 13 heavy (non-hydrogen) atoms. The quantitative estimate of drug-likeness (QED) is 0.639. The second-order valence-electron chi connectivity index (χ2n) is 3.92. The minimum atomic E-state index is -1.42. The van der Waals surface area contributed by atoms with Crippen LogP contribution in [0.4, 0.5) is 4.39 Å². The van der Waals surface area contributed by atoms with E-state index in [0.717, 1.165) is 6.42 Å². The topological polar surface area (TPSA) is 37.3 Å². The molecular formula is C10H15FO2. The van der Waals surface area contributed by atoms with Crippen LogP contribution in [-0.2, 0) is 4.79 Å². The molecule has 0 radical (unpaired) electrons. The lowest BCUT2D eigenvalue weighted by atomic mass is 9.79. The Morgan fingerprint density at radius 1 is 1.46 bits per heavy atom. The van der Waals surface area contributed by atoms with Crippen LogP contribution >= 0.6 is 0 Å².